The Morgan fingerprint density at radius 1 is 1.00 bits per heavy atom. The van der Waals surface area contributed by atoms with E-state index in [1.165, 1.54) is 6.07 Å². The molecule has 0 aromatic carbocycles. The summed E-state index contributed by atoms with van der Waals surface area (Å²) in [5.74, 6) is 0.301. The third-order valence-corrected chi connectivity index (χ3v) is 2.97. The van der Waals surface area contributed by atoms with E-state index in [4.69, 9.17) is 0 Å². The minimum absolute atomic E-state index is 0. The van der Waals surface area contributed by atoms with E-state index < -0.39 is 5.95 Å². The van der Waals surface area contributed by atoms with Crippen molar-refractivity contribution in [2.75, 3.05) is 57.3 Å². The largest absolute Gasteiger partial charge is 0.660 e. The van der Waals surface area contributed by atoms with Crippen LogP contribution < -0.4 is 10.2 Å². The van der Waals surface area contributed by atoms with Crippen LogP contribution in [0, 0.1) is 94.1 Å². The molecule has 0 bridgehead atoms. The Balaban J connectivity index is 0.000000430. The van der Waals surface area contributed by atoms with Crippen molar-refractivity contribution >= 4 is 5.82 Å². The predicted octanol–water partition coefficient (Wildman–Crippen LogP) is 1.38. The summed E-state index contributed by atoms with van der Waals surface area (Å²) in [6.07, 6.45) is 0. The van der Waals surface area contributed by atoms with Gasteiger partial charge in [-0.3, -0.25) is 0 Å². The number of nitrogens with zero attached hydrogens (tertiary/aromatic N) is 4. The molecular formula is C13H20Ac2FN5-2. The van der Waals surface area contributed by atoms with Crippen LogP contribution in [0.3, 0.4) is 0 Å². The molecule has 0 unspecified atom stereocenters. The number of hydrogen-bond donors (Lipinski definition) is 1. The summed E-state index contributed by atoms with van der Waals surface area (Å²) >= 11 is 0. The SMILES string of the molecule is C1CNCC[N-]1.Fc1cccc(N2CC[N-]CC2)n1.[Ac].[Ac]. The van der Waals surface area contributed by atoms with Crippen molar-refractivity contribution < 1.29 is 92.5 Å². The first-order valence-corrected chi connectivity index (χ1v) is 6.71. The average molecular weight is 719 g/mol. The molecule has 3 heterocycles. The van der Waals surface area contributed by atoms with E-state index in [-0.39, 0.29) is 88.1 Å². The summed E-state index contributed by atoms with van der Waals surface area (Å²) in [7, 11) is 0. The number of nitrogens with one attached hydrogen (secondary N) is 1. The Morgan fingerprint density at radius 2 is 1.62 bits per heavy atom. The standard InChI is InChI=1S/C9H11FN3.C4H9N2.2Ac/c10-8-2-1-3-9(12-8)13-6-4-11-5-7-13;1-2-6-4-3-5-1;;/h1-3H,4-7H2;5H,1-4H2;;/q2*-1;;. The van der Waals surface area contributed by atoms with E-state index in [1.807, 2.05) is 6.07 Å². The van der Waals surface area contributed by atoms with Gasteiger partial charge in [0.2, 0.25) is 5.95 Å². The molecule has 2 saturated heterocycles. The quantitative estimate of drug-likeness (QED) is 0.447. The summed E-state index contributed by atoms with van der Waals surface area (Å²) in [4.78, 5) is 5.87. The van der Waals surface area contributed by atoms with Gasteiger partial charge in [0.25, 0.3) is 0 Å². The Morgan fingerprint density at radius 3 is 2.10 bits per heavy atom. The minimum Gasteiger partial charge on any atom is -0.660 e. The maximum Gasteiger partial charge on any atom is 0.214 e. The van der Waals surface area contributed by atoms with E-state index in [0.29, 0.717) is 0 Å². The molecule has 1 N–H and O–H groups in total. The van der Waals surface area contributed by atoms with Crippen LogP contribution in [0.25, 0.3) is 10.6 Å². The third kappa shape index (κ3) is 9.50. The van der Waals surface area contributed by atoms with Crippen LogP contribution in [0.4, 0.5) is 10.2 Å². The molecule has 21 heavy (non-hydrogen) atoms. The van der Waals surface area contributed by atoms with Gasteiger partial charge in [-0.2, -0.15) is 4.39 Å². The number of aromatic nitrogens is 1. The first-order valence-electron chi connectivity index (χ1n) is 6.71. The van der Waals surface area contributed by atoms with Gasteiger partial charge in [-0.15, -0.1) is 26.2 Å². The average Bonchev–Trinajstić information content (AvgIpc) is 2.51. The third-order valence-electron chi connectivity index (χ3n) is 2.97. The van der Waals surface area contributed by atoms with Crippen LogP contribution in [0.2, 0.25) is 0 Å². The summed E-state index contributed by atoms with van der Waals surface area (Å²) in [5.41, 5.74) is 0. The maximum atomic E-state index is 12.8. The van der Waals surface area contributed by atoms with Crippen LogP contribution in [0.5, 0.6) is 0 Å². The van der Waals surface area contributed by atoms with Crippen molar-refractivity contribution in [2.45, 2.75) is 0 Å². The molecule has 2 aliphatic rings. The minimum atomic E-state index is -0.417. The molecule has 2 radical (unpaired) electrons. The molecule has 1 aromatic rings. The molecule has 0 spiro atoms. The second-order valence-corrected chi connectivity index (χ2v) is 4.40. The number of halogens is 1. The molecule has 8 heteroatoms. The van der Waals surface area contributed by atoms with Crippen molar-refractivity contribution in [3.63, 3.8) is 0 Å². The van der Waals surface area contributed by atoms with Crippen LogP contribution >= 0.6 is 0 Å². The molecule has 0 amide bonds. The van der Waals surface area contributed by atoms with Gasteiger partial charge in [-0.05, 0) is 25.2 Å². The number of rotatable bonds is 1. The van der Waals surface area contributed by atoms with Crippen molar-refractivity contribution in [3.05, 3.63) is 34.8 Å². The fraction of sp³-hybridized carbons (Fsp3) is 0.615. The Labute approximate surface area is 197 Å². The smallest absolute Gasteiger partial charge is 0.214 e. The van der Waals surface area contributed by atoms with Gasteiger partial charge in [0, 0.05) is 101 Å². The zero-order valence-electron chi connectivity index (χ0n) is 12.2. The topological polar surface area (TPSA) is 56.4 Å². The van der Waals surface area contributed by atoms with Crippen LogP contribution in [0.15, 0.2) is 18.2 Å². The fourth-order valence-electron chi connectivity index (χ4n) is 1.96. The van der Waals surface area contributed by atoms with Gasteiger partial charge < -0.3 is 20.9 Å². The van der Waals surface area contributed by atoms with E-state index in [2.05, 4.69) is 25.8 Å². The summed E-state index contributed by atoms with van der Waals surface area (Å²) < 4.78 is 12.8. The number of hydrogen-bond acceptors (Lipinski definition) is 3. The van der Waals surface area contributed by atoms with E-state index in [1.54, 1.807) is 6.07 Å². The molecule has 0 aliphatic carbocycles. The molecule has 0 atom stereocenters. The van der Waals surface area contributed by atoms with Gasteiger partial charge in [-0.25, -0.2) is 4.98 Å². The monoisotopic (exact) mass is 719 g/mol. The van der Waals surface area contributed by atoms with Gasteiger partial charge in [0.1, 0.15) is 5.82 Å². The van der Waals surface area contributed by atoms with Gasteiger partial charge in [-0.1, -0.05) is 6.07 Å². The molecule has 112 valence electrons. The van der Waals surface area contributed by atoms with Crippen LogP contribution in [-0.2, 0) is 0 Å². The Bertz CT molecular complexity index is 362. The van der Waals surface area contributed by atoms with Crippen LogP contribution in [0.1, 0.15) is 0 Å². The van der Waals surface area contributed by atoms with Gasteiger partial charge in [0.15, 0.2) is 0 Å². The first kappa shape index (κ1) is 22.6. The van der Waals surface area contributed by atoms with E-state index in [0.717, 1.165) is 58.2 Å². The van der Waals surface area contributed by atoms with Crippen molar-refractivity contribution in [1.29, 1.82) is 0 Å². The number of piperazine rings is 2. The van der Waals surface area contributed by atoms with Crippen LogP contribution in [-0.4, -0.2) is 57.3 Å². The predicted molar refractivity (Wildman–Crippen MR) is 75.5 cm³/mol. The summed E-state index contributed by atoms with van der Waals surface area (Å²) in [6.45, 7) is 7.52. The fourth-order valence-corrected chi connectivity index (χ4v) is 1.96. The molecule has 2 aliphatic heterocycles. The molecule has 3 rings (SSSR count). The molecular weight excluding hydrogens is 699 g/mol. The zero-order valence-corrected chi connectivity index (χ0v) is 21.7. The molecule has 2 fully saturated rings. The number of pyridine rings is 1. The van der Waals surface area contributed by atoms with Crippen molar-refractivity contribution in [2.24, 2.45) is 0 Å². The van der Waals surface area contributed by atoms with E-state index in [9.17, 15) is 4.39 Å². The van der Waals surface area contributed by atoms with E-state index >= 15 is 0 Å². The number of anilines is 1. The maximum absolute atomic E-state index is 12.8. The normalized spacial score (nSPS) is 17.7. The second kappa shape index (κ2) is 14.0. The molecule has 0 saturated carbocycles. The van der Waals surface area contributed by atoms with Crippen molar-refractivity contribution in [1.82, 2.24) is 10.3 Å². The molecule has 1 aromatic heterocycles. The summed E-state index contributed by atoms with van der Waals surface area (Å²) in [6, 6.07) is 4.87. The first-order chi connectivity index (χ1) is 9.36. The molecule has 5 nitrogen and oxygen atoms in total. The van der Waals surface area contributed by atoms with Gasteiger partial charge in [0.05, 0.1) is 0 Å². The van der Waals surface area contributed by atoms with Gasteiger partial charge >= 0.3 is 0 Å². The Hall–Kier alpha value is 1.64. The summed E-state index contributed by atoms with van der Waals surface area (Å²) in [5, 5.41) is 11.5. The second-order valence-electron chi connectivity index (χ2n) is 4.40. The zero-order chi connectivity index (χ0) is 13.3. The van der Waals surface area contributed by atoms with Crippen molar-refractivity contribution in [3.8, 4) is 0 Å². The Kier molecular flexibility index (Phi) is 15.1.